The van der Waals surface area contributed by atoms with E-state index >= 15 is 0 Å². The maximum atomic E-state index is 12.7. The molecule has 0 unspecified atom stereocenters. The predicted molar refractivity (Wildman–Crippen MR) is 71.6 cm³/mol. The average molecular weight is 293 g/mol. The first kappa shape index (κ1) is 12.9. The van der Waals surface area contributed by atoms with Crippen LogP contribution in [-0.2, 0) is 0 Å². The fourth-order valence-corrected chi connectivity index (χ4v) is 2.54. The largest absolute Gasteiger partial charge is 0.299 e. The third-order valence-corrected chi connectivity index (χ3v) is 3.68. The van der Waals surface area contributed by atoms with Crippen LogP contribution >= 0.6 is 11.8 Å². The molecule has 0 saturated carbocycles. The second-order valence-electron chi connectivity index (χ2n) is 4.00. The van der Waals surface area contributed by atoms with Gasteiger partial charge in [0.15, 0.2) is 0 Å². The van der Waals surface area contributed by atoms with Gasteiger partial charge >= 0.3 is 0 Å². The summed E-state index contributed by atoms with van der Waals surface area (Å²) in [5.41, 5.74) is 1.39. The van der Waals surface area contributed by atoms with Gasteiger partial charge in [-0.2, -0.15) is 9.78 Å². The van der Waals surface area contributed by atoms with Crippen LogP contribution in [0.2, 0.25) is 0 Å². The predicted octanol–water partition coefficient (Wildman–Crippen LogP) is 2.98. The first-order valence-corrected chi connectivity index (χ1v) is 6.57. The molecule has 3 rings (SSSR count). The zero-order valence-electron chi connectivity index (χ0n) is 10.4. The minimum Gasteiger partial charge on any atom is -0.257 e. The van der Waals surface area contributed by atoms with Gasteiger partial charge in [0.05, 0.1) is 11.4 Å². The molecule has 0 fully saturated rings. The fraction of sp³-hybridized carbons (Fsp3) is 0.167. The lowest BCUT2D eigenvalue weighted by Gasteiger charge is -2.13. The van der Waals surface area contributed by atoms with Gasteiger partial charge in [0, 0.05) is 11.1 Å². The van der Waals surface area contributed by atoms with Crippen molar-refractivity contribution in [2.75, 3.05) is 0 Å². The normalized spacial score (nSPS) is 16.4. The highest BCUT2D eigenvalue weighted by molar-refractivity contribution is 8.04. The van der Waals surface area contributed by atoms with Gasteiger partial charge in [-0.1, -0.05) is 6.07 Å². The number of fused-ring (bicyclic) bond motifs is 1. The smallest absolute Gasteiger partial charge is 0.257 e. The molecule has 0 saturated heterocycles. The molecule has 0 amide bonds. The molecule has 2 aromatic rings. The molecular formula is C12H9F2N5S. The van der Waals surface area contributed by atoms with Crippen molar-refractivity contribution in [3.63, 3.8) is 0 Å². The maximum Gasteiger partial charge on any atom is 0.299 e. The van der Waals surface area contributed by atoms with Crippen LogP contribution < -0.4 is 0 Å². The Morgan fingerprint density at radius 1 is 1.30 bits per heavy atom. The standard InChI is InChI=1S/C12H9F2N5S/c1-7-9(6-8-4-2-3-5-15-8)20-12-17-16-11(10(13)14)19(12)18-7/h2-6,10H,1H3. The minimum atomic E-state index is -2.70. The molecule has 0 bridgehead atoms. The summed E-state index contributed by atoms with van der Waals surface area (Å²) in [5.74, 6) is -0.441. The van der Waals surface area contributed by atoms with Gasteiger partial charge in [0.25, 0.3) is 6.43 Å². The molecule has 2 aromatic heterocycles. The van der Waals surface area contributed by atoms with Crippen LogP contribution in [0.1, 0.15) is 24.9 Å². The van der Waals surface area contributed by atoms with Gasteiger partial charge in [-0.3, -0.25) is 4.98 Å². The lowest BCUT2D eigenvalue weighted by atomic mass is 10.3. The first-order chi connectivity index (χ1) is 9.65. The molecule has 0 atom stereocenters. The third kappa shape index (κ3) is 2.34. The Bertz CT molecular complexity index is 693. The van der Waals surface area contributed by atoms with E-state index in [0.717, 1.165) is 15.3 Å². The summed E-state index contributed by atoms with van der Waals surface area (Å²) in [7, 11) is 0. The molecular weight excluding hydrogens is 284 g/mol. The molecule has 5 nitrogen and oxygen atoms in total. The van der Waals surface area contributed by atoms with Gasteiger partial charge in [-0.25, -0.2) is 8.78 Å². The topological polar surface area (TPSA) is 56.0 Å². The third-order valence-electron chi connectivity index (χ3n) is 2.61. The SMILES string of the molecule is CC1=Nn2c(nnc2C(F)F)SC1=Cc1ccccn1. The Morgan fingerprint density at radius 2 is 2.15 bits per heavy atom. The molecule has 102 valence electrons. The number of hydrogen-bond donors (Lipinski definition) is 0. The van der Waals surface area contributed by atoms with Crippen molar-refractivity contribution < 1.29 is 8.78 Å². The maximum absolute atomic E-state index is 12.7. The second kappa shape index (κ2) is 5.12. The number of halogens is 2. The van der Waals surface area contributed by atoms with Gasteiger partial charge in [0.2, 0.25) is 11.0 Å². The average Bonchev–Trinajstić information content (AvgIpc) is 2.83. The van der Waals surface area contributed by atoms with Crippen molar-refractivity contribution in [2.45, 2.75) is 18.5 Å². The number of allylic oxidation sites excluding steroid dienone is 1. The molecule has 0 radical (unpaired) electrons. The van der Waals surface area contributed by atoms with Gasteiger partial charge in [-0.05, 0) is 36.9 Å². The van der Waals surface area contributed by atoms with Gasteiger partial charge < -0.3 is 0 Å². The zero-order valence-corrected chi connectivity index (χ0v) is 11.2. The zero-order chi connectivity index (χ0) is 14.1. The summed E-state index contributed by atoms with van der Waals surface area (Å²) >= 11 is 1.24. The van der Waals surface area contributed by atoms with E-state index in [9.17, 15) is 8.78 Å². The number of nitrogens with zero attached hydrogens (tertiary/aromatic N) is 5. The lowest BCUT2D eigenvalue weighted by Crippen LogP contribution is -2.09. The van der Waals surface area contributed by atoms with Gasteiger partial charge in [0.1, 0.15) is 0 Å². The van der Waals surface area contributed by atoms with Crippen LogP contribution in [0, 0.1) is 0 Å². The highest BCUT2D eigenvalue weighted by Gasteiger charge is 2.25. The van der Waals surface area contributed by atoms with Crippen molar-refractivity contribution in [3.8, 4) is 0 Å². The fourth-order valence-electron chi connectivity index (χ4n) is 1.67. The van der Waals surface area contributed by atoms with E-state index in [1.54, 1.807) is 13.1 Å². The Balaban J connectivity index is 1.99. The molecule has 3 heterocycles. The summed E-state index contributed by atoms with van der Waals surface area (Å²) in [6.07, 6.45) is 0.822. The van der Waals surface area contributed by atoms with Crippen LogP contribution in [0.25, 0.3) is 6.08 Å². The highest BCUT2D eigenvalue weighted by atomic mass is 32.2. The number of pyridine rings is 1. The molecule has 0 aliphatic carbocycles. The molecule has 20 heavy (non-hydrogen) atoms. The number of alkyl halides is 2. The number of aromatic nitrogens is 4. The molecule has 0 N–H and O–H groups in total. The molecule has 1 aliphatic rings. The highest BCUT2D eigenvalue weighted by Crippen LogP contribution is 2.33. The molecule has 0 aromatic carbocycles. The quantitative estimate of drug-likeness (QED) is 0.854. The van der Waals surface area contributed by atoms with E-state index in [0.29, 0.717) is 10.9 Å². The number of rotatable bonds is 2. The Morgan fingerprint density at radius 3 is 2.85 bits per heavy atom. The van der Waals surface area contributed by atoms with Crippen LogP contribution in [0.5, 0.6) is 0 Å². The molecule has 1 aliphatic heterocycles. The van der Waals surface area contributed by atoms with Crippen molar-refractivity contribution in [1.29, 1.82) is 0 Å². The first-order valence-electron chi connectivity index (χ1n) is 5.75. The summed E-state index contributed by atoms with van der Waals surface area (Å²) in [6.45, 7) is 1.75. The second-order valence-corrected chi connectivity index (χ2v) is 5.01. The Labute approximate surface area is 117 Å². The summed E-state index contributed by atoms with van der Waals surface area (Å²) in [6, 6.07) is 5.55. The Hall–Kier alpha value is -2.09. The van der Waals surface area contributed by atoms with Crippen LogP contribution in [0.4, 0.5) is 8.78 Å². The van der Waals surface area contributed by atoms with E-state index in [-0.39, 0.29) is 0 Å². The summed E-state index contributed by atoms with van der Waals surface area (Å²) in [5, 5.41) is 11.6. The monoisotopic (exact) mass is 293 g/mol. The minimum absolute atomic E-state index is 0.327. The molecule has 8 heteroatoms. The van der Waals surface area contributed by atoms with E-state index in [1.165, 1.54) is 11.8 Å². The van der Waals surface area contributed by atoms with E-state index < -0.39 is 12.2 Å². The van der Waals surface area contributed by atoms with E-state index in [2.05, 4.69) is 20.3 Å². The van der Waals surface area contributed by atoms with E-state index in [1.807, 2.05) is 24.3 Å². The number of thioether (sulfide) groups is 1. The van der Waals surface area contributed by atoms with Crippen LogP contribution in [0.15, 0.2) is 39.6 Å². The van der Waals surface area contributed by atoms with Crippen molar-refractivity contribution in [3.05, 3.63) is 40.8 Å². The van der Waals surface area contributed by atoms with Gasteiger partial charge in [-0.15, -0.1) is 10.2 Å². The van der Waals surface area contributed by atoms with E-state index in [4.69, 9.17) is 0 Å². The lowest BCUT2D eigenvalue weighted by molar-refractivity contribution is 0.135. The summed E-state index contributed by atoms with van der Waals surface area (Å²) < 4.78 is 26.5. The Kier molecular flexibility index (Phi) is 3.31. The van der Waals surface area contributed by atoms with Crippen LogP contribution in [0.3, 0.4) is 0 Å². The molecule has 0 spiro atoms. The van der Waals surface area contributed by atoms with Crippen molar-refractivity contribution in [1.82, 2.24) is 19.9 Å². The van der Waals surface area contributed by atoms with Crippen molar-refractivity contribution >= 4 is 23.5 Å². The van der Waals surface area contributed by atoms with Crippen LogP contribution in [-0.4, -0.2) is 25.6 Å². The summed E-state index contributed by atoms with van der Waals surface area (Å²) in [4.78, 5) is 5.00. The number of hydrogen-bond acceptors (Lipinski definition) is 5. The van der Waals surface area contributed by atoms with Crippen molar-refractivity contribution in [2.24, 2.45) is 5.10 Å².